The number of carboxylic acid groups (broad SMARTS) is 3. The number of hydrogen-bond donors (Lipinski definition) is 6. The molecule has 2 amide bonds. The van der Waals surface area contributed by atoms with Crippen LogP contribution in [0.3, 0.4) is 0 Å². The first kappa shape index (κ1) is 47.7. The topological polar surface area (TPSA) is 210 Å². The van der Waals surface area contributed by atoms with Crippen molar-refractivity contribution in [3.8, 4) is 0 Å². The highest BCUT2D eigenvalue weighted by Crippen LogP contribution is 2.30. The molecular formula is C34H29ClF10N8O7. The highest BCUT2D eigenvalue weighted by Gasteiger charge is 2.39. The summed E-state index contributed by atoms with van der Waals surface area (Å²) in [7, 11) is 0. The second-order valence-corrected chi connectivity index (χ2v) is 12.3. The van der Waals surface area contributed by atoms with Crippen molar-refractivity contribution in [3.63, 3.8) is 0 Å². The fraction of sp³-hybridized carbons (Fsp3) is 0.265. The van der Waals surface area contributed by atoms with Gasteiger partial charge in [-0.25, -0.2) is 28.6 Å². The highest BCUT2D eigenvalue weighted by molar-refractivity contribution is 6.32. The number of carboxylic acids is 3. The Morgan fingerprint density at radius 2 is 1.25 bits per heavy atom. The van der Waals surface area contributed by atoms with Crippen LogP contribution in [-0.4, -0.2) is 104 Å². The van der Waals surface area contributed by atoms with Gasteiger partial charge in [0.05, 0.1) is 18.1 Å². The van der Waals surface area contributed by atoms with Crippen molar-refractivity contribution in [1.82, 2.24) is 19.9 Å². The summed E-state index contributed by atoms with van der Waals surface area (Å²) >= 11 is 6.37. The molecule has 6 bridgehead atoms. The van der Waals surface area contributed by atoms with Gasteiger partial charge in [-0.1, -0.05) is 11.6 Å². The van der Waals surface area contributed by atoms with Crippen LogP contribution in [0.4, 0.5) is 83.2 Å². The minimum absolute atomic E-state index is 0.148. The van der Waals surface area contributed by atoms with E-state index in [2.05, 4.69) is 35.8 Å². The lowest BCUT2D eigenvalue weighted by atomic mass is 10.0. The Morgan fingerprint density at radius 3 is 1.78 bits per heavy atom. The molecule has 2 aliphatic rings. The number of rotatable bonds is 2. The Hall–Kier alpha value is -6.66. The van der Waals surface area contributed by atoms with Gasteiger partial charge in [-0.15, -0.1) is 0 Å². The standard InChI is InChI=1S/C28H26ClFN8O.3C2HF3O2/c29-24-17-32-27-34-22-13-18(15-31-16-22)1-2-19-14-21(33-26(24)36-27)5-8-25(19)35-28(39)38-11-9-37(10-12-38)23-6-3-20(30)4-7-23;3*3-2(4,5)1(6)7/h3-8,13-17H,1-2,9-12H2,(H,35,39)(H2,32,33,34,36);3*(H,6,7). The molecule has 4 heterocycles. The van der Waals surface area contributed by atoms with Crippen LogP contribution in [0.15, 0.2) is 67.1 Å². The van der Waals surface area contributed by atoms with Crippen molar-refractivity contribution in [2.75, 3.05) is 47.0 Å². The number of anilines is 6. The summed E-state index contributed by atoms with van der Waals surface area (Å²) in [5, 5.41) is 31.3. The van der Waals surface area contributed by atoms with Crippen LogP contribution in [0.5, 0.6) is 0 Å². The molecule has 2 aromatic carbocycles. The highest BCUT2D eigenvalue weighted by atomic mass is 35.5. The van der Waals surface area contributed by atoms with Gasteiger partial charge in [-0.2, -0.15) is 44.5 Å². The maximum Gasteiger partial charge on any atom is 0.490 e. The number of aromatic nitrogens is 3. The van der Waals surface area contributed by atoms with Gasteiger partial charge in [0, 0.05) is 49.4 Å². The Bertz CT molecular complexity index is 2080. The number of fused-ring (bicyclic) bond motifs is 6. The number of piperazine rings is 1. The van der Waals surface area contributed by atoms with Crippen LogP contribution < -0.4 is 20.9 Å². The van der Waals surface area contributed by atoms with Gasteiger partial charge >= 0.3 is 42.5 Å². The molecule has 26 heteroatoms. The monoisotopic (exact) mass is 886 g/mol. The van der Waals surface area contributed by atoms with Crippen molar-refractivity contribution in [2.24, 2.45) is 0 Å². The lowest BCUT2D eigenvalue weighted by Gasteiger charge is -2.36. The lowest BCUT2D eigenvalue weighted by Crippen LogP contribution is -2.50. The molecule has 15 nitrogen and oxygen atoms in total. The molecule has 2 aliphatic heterocycles. The molecule has 4 aromatic rings. The van der Waals surface area contributed by atoms with Crippen LogP contribution in [0.1, 0.15) is 11.1 Å². The zero-order chi connectivity index (χ0) is 45.0. The predicted molar refractivity (Wildman–Crippen MR) is 192 cm³/mol. The fourth-order valence-corrected chi connectivity index (χ4v) is 4.90. The number of carbonyl (C=O) groups is 4. The fourth-order valence-electron chi connectivity index (χ4n) is 4.77. The Kier molecular flexibility index (Phi) is 16.2. The molecule has 0 saturated carbocycles. The maximum absolute atomic E-state index is 13.3. The SMILES string of the molecule is O=C(Nc1ccc2cc1CCc1cncc(c1)Nc1ncc(Cl)c(n1)N2)N1CCN(c2ccc(F)cc2)CC1.O=C(O)C(F)(F)F.O=C(O)C(F)(F)F.O=C(O)C(F)(F)F. The van der Waals surface area contributed by atoms with Gasteiger partial charge < -0.3 is 41.1 Å². The van der Waals surface area contributed by atoms with E-state index in [-0.39, 0.29) is 11.8 Å². The first-order valence-corrected chi connectivity index (χ1v) is 16.8. The Morgan fingerprint density at radius 1 is 0.700 bits per heavy atom. The number of pyridine rings is 1. The summed E-state index contributed by atoms with van der Waals surface area (Å²) in [5.74, 6) is -7.65. The van der Waals surface area contributed by atoms with Crippen LogP contribution in [0.25, 0.3) is 0 Å². The van der Waals surface area contributed by atoms with Gasteiger partial charge in [-0.3, -0.25) is 4.98 Å². The largest absolute Gasteiger partial charge is 0.490 e. The molecule has 2 aromatic heterocycles. The number of alkyl halides is 9. The minimum Gasteiger partial charge on any atom is -0.475 e. The molecule has 1 fully saturated rings. The number of nitrogens with zero attached hydrogens (tertiary/aromatic N) is 5. The van der Waals surface area contributed by atoms with E-state index in [0.717, 1.165) is 40.3 Å². The van der Waals surface area contributed by atoms with Crippen molar-refractivity contribution in [3.05, 3.63) is 89.1 Å². The van der Waals surface area contributed by atoms with Gasteiger partial charge in [0.25, 0.3) is 0 Å². The third kappa shape index (κ3) is 15.3. The average molecular weight is 887 g/mol. The average Bonchev–Trinajstić information content (AvgIpc) is 3.16. The van der Waals surface area contributed by atoms with Crippen molar-refractivity contribution < 1.29 is 78.4 Å². The summed E-state index contributed by atoms with van der Waals surface area (Å²) in [5.41, 5.74) is 5.29. The number of benzene rings is 2. The Balaban J connectivity index is 0.000000377. The first-order chi connectivity index (χ1) is 27.8. The number of carbonyl (C=O) groups excluding carboxylic acids is 1. The molecule has 6 N–H and O–H groups in total. The molecule has 0 unspecified atom stereocenters. The van der Waals surface area contributed by atoms with Gasteiger partial charge in [0.1, 0.15) is 10.8 Å². The number of nitrogens with one attached hydrogen (secondary N) is 3. The third-order valence-electron chi connectivity index (χ3n) is 7.57. The number of aryl methyl sites for hydroxylation is 2. The molecular weight excluding hydrogens is 858 g/mol. The third-order valence-corrected chi connectivity index (χ3v) is 7.85. The zero-order valence-corrected chi connectivity index (χ0v) is 30.7. The number of halogens is 11. The van der Waals surface area contributed by atoms with Crippen molar-refractivity contribution in [2.45, 2.75) is 31.4 Å². The Labute approximate surface area is 335 Å². The van der Waals surface area contributed by atoms with Crippen LogP contribution in [0.2, 0.25) is 5.02 Å². The molecule has 0 atom stereocenters. The smallest absolute Gasteiger partial charge is 0.475 e. The normalized spacial score (nSPS) is 13.5. The van der Waals surface area contributed by atoms with Crippen molar-refractivity contribution in [1.29, 1.82) is 0 Å². The summed E-state index contributed by atoms with van der Waals surface area (Å²) in [4.78, 5) is 57.0. The number of urea groups is 1. The van der Waals surface area contributed by atoms with Gasteiger partial charge in [0.2, 0.25) is 5.95 Å². The van der Waals surface area contributed by atoms with Gasteiger partial charge in [0.15, 0.2) is 5.82 Å². The van der Waals surface area contributed by atoms with E-state index in [0.29, 0.717) is 49.4 Å². The van der Waals surface area contributed by atoms with E-state index in [1.807, 2.05) is 30.5 Å². The van der Waals surface area contributed by atoms with E-state index in [1.54, 1.807) is 29.4 Å². The van der Waals surface area contributed by atoms with Crippen molar-refractivity contribution >= 4 is 70.1 Å². The molecule has 1 saturated heterocycles. The van der Waals surface area contributed by atoms with E-state index < -0.39 is 36.4 Å². The van der Waals surface area contributed by atoms with Crippen LogP contribution in [-0.2, 0) is 27.2 Å². The van der Waals surface area contributed by atoms with E-state index in [1.165, 1.54) is 12.1 Å². The summed E-state index contributed by atoms with van der Waals surface area (Å²) in [6, 6.07) is 14.1. The number of hydrogen-bond acceptors (Lipinski definition) is 10. The summed E-state index contributed by atoms with van der Waals surface area (Å²) < 4.78 is 108. The van der Waals surface area contributed by atoms with Crippen LogP contribution in [0, 0.1) is 5.82 Å². The number of amides is 2. The minimum atomic E-state index is -5.08. The quantitative estimate of drug-likeness (QED) is 0.108. The van der Waals surface area contributed by atoms with Crippen LogP contribution >= 0.6 is 11.6 Å². The molecule has 0 radical (unpaired) electrons. The number of aliphatic carboxylic acids is 3. The summed E-state index contributed by atoms with van der Waals surface area (Å²) in [6.07, 6.45) is -8.74. The van der Waals surface area contributed by atoms with Gasteiger partial charge in [-0.05, 0) is 72.5 Å². The molecule has 0 aliphatic carbocycles. The second kappa shape index (κ2) is 20.3. The summed E-state index contributed by atoms with van der Waals surface area (Å²) in [6.45, 7) is 2.48. The molecule has 324 valence electrons. The molecule has 6 rings (SSSR count). The van der Waals surface area contributed by atoms with E-state index in [4.69, 9.17) is 41.3 Å². The molecule has 60 heavy (non-hydrogen) atoms. The maximum atomic E-state index is 13.3. The first-order valence-electron chi connectivity index (χ1n) is 16.4. The second-order valence-electron chi connectivity index (χ2n) is 11.9. The van der Waals surface area contributed by atoms with E-state index >= 15 is 0 Å². The predicted octanol–water partition coefficient (Wildman–Crippen LogP) is 7.50. The van der Waals surface area contributed by atoms with E-state index in [9.17, 15) is 48.7 Å². The molecule has 0 spiro atoms. The zero-order valence-electron chi connectivity index (χ0n) is 30.0. The lowest BCUT2D eigenvalue weighted by molar-refractivity contribution is -0.193.